The zero-order chi connectivity index (χ0) is 30.7. The molecule has 0 bridgehead atoms. The molecule has 15 heteroatoms. The molecule has 2 aliphatic heterocycles. The fourth-order valence-corrected chi connectivity index (χ4v) is 7.64. The number of hydrogen-bond donors (Lipinski definition) is 1. The summed E-state index contributed by atoms with van der Waals surface area (Å²) in [4.78, 5) is 30.0. The Bertz CT molecular complexity index is 2010. The van der Waals surface area contributed by atoms with Crippen molar-refractivity contribution in [3.05, 3.63) is 53.1 Å². The molecule has 5 aromatic rings. The summed E-state index contributed by atoms with van der Waals surface area (Å²) in [6.45, 7) is 1.62. The highest BCUT2D eigenvalue weighted by Crippen LogP contribution is 2.46. The van der Waals surface area contributed by atoms with Gasteiger partial charge in [-0.3, -0.25) is 0 Å². The average molecular weight is 636 g/mol. The van der Waals surface area contributed by atoms with Crippen LogP contribution in [0.1, 0.15) is 31.2 Å². The molecule has 1 amide bonds. The highest BCUT2D eigenvalue weighted by molar-refractivity contribution is 7.23. The summed E-state index contributed by atoms with van der Waals surface area (Å²) in [7, 11) is 1.39. The largest absolute Gasteiger partial charge is 0.467 e. The van der Waals surface area contributed by atoms with Crippen LogP contribution in [0.15, 0.2) is 30.9 Å². The summed E-state index contributed by atoms with van der Waals surface area (Å²) < 4.78 is 38.2. The number of carbonyl (C=O) groups excluding carboxylic acids is 1. The van der Waals surface area contributed by atoms with E-state index in [0.29, 0.717) is 30.8 Å². The molecule has 2 saturated heterocycles. The number of nitriles is 1. The maximum absolute atomic E-state index is 16.7. The summed E-state index contributed by atoms with van der Waals surface area (Å²) in [6, 6.07) is 5.87. The standard InChI is InChI=1S/C29H24ClF2N9O2S/c1-43-27-37-23-16(10-18(30)21(22(23)32)15-4-5-19(31)24-20(15)17(11-33)25(34)44-24)26(38-27)39-8-3-2-6-29(12-39)7-9-40(29)28(42)41-14-35-13-36-41/h4-5,10,13-14H,2-3,6-9,12,34H2,1H3. The zero-order valence-corrected chi connectivity index (χ0v) is 24.9. The van der Waals surface area contributed by atoms with Crippen LogP contribution in [-0.4, -0.2) is 67.9 Å². The van der Waals surface area contributed by atoms with Crippen molar-refractivity contribution in [2.75, 3.05) is 37.4 Å². The Labute approximate surface area is 258 Å². The molecular weight excluding hydrogens is 612 g/mol. The average Bonchev–Trinajstić information content (AvgIpc) is 3.60. The Morgan fingerprint density at radius 1 is 1.23 bits per heavy atom. The first kappa shape index (κ1) is 28.2. The van der Waals surface area contributed by atoms with E-state index in [-0.39, 0.29) is 54.4 Å². The molecule has 0 radical (unpaired) electrons. The molecule has 2 fully saturated rings. The first-order valence-electron chi connectivity index (χ1n) is 13.8. The molecule has 2 aliphatic rings. The number of rotatable bonds is 3. The lowest BCUT2D eigenvalue weighted by atomic mass is 9.80. The van der Waals surface area contributed by atoms with Gasteiger partial charge in [0.1, 0.15) is 40.9 Å². The number of thiophene rings is 1. The lowest BCUT2D eigenvalue weighted by Crippen LogP contribution is -2.67. The third-order valence-corrected chi connectivity index (χ3v) is 9.87. The van der Waals surface area contributed by atoms with Gasteiger partial charge >= 0.3 is 12.0 Å². The number of methoxy groups -OCH3 is 1. The van der Waals surface area contributed by atoms with E-state index in [1.165, 1.54) is 36.6 Å². The quantitative estimate of drug-likeness (QED) is 0.268. The van der Waals surface area contributed by atoms with Gasteiger partial charge in [-0.1, -0.05) is 17.7 Å². The number of nitrogen functional groups attached to an aromatic ring is 1. The molecule has 5 heterocycles. The van der Waals surface area contributed by atoms with Gasteiger partial charge in [-0.25, -0.2) is 18.6 Å². The molecule has 7 rings (SSSR count). The molecule has 11 nitrogen and oxygen atoms in total. The second-order valence-electron chi connectivity index (χ2n) is 10.9. The van der Waals surface area contributed by atoms with Crippen molar-refractivity contribution in [2.24, 2.45) is 0 Å². The highest BCUT2D eigenvalue weighted by Gasteiger charge is 2.50. The third kappa shape index (κ3) is 4.21. The van der Waals surface area contributed by atoms with Crippen molar-refractivity contribution in [2.45, 2.75) is 31.2 Å². The van der Waals surface area contributed by atoms with Crippen LogP contribution in [0, 0.1) is 23.0 Å². The number of carbonyl (C=O) groups is 1. The van der Waals surface area contributed by atoms with Gasteiger partial charge in [-0.15, -0.1) is 11.3 Å². The maximum atomic E-state index is 16.7. The van der Waals surface area contributed by atoms with E-state index in [0.717, 1.165) is 37.0 Å². The predicted octanol–water partition coefficient (Wildman–Crippen LogP) is 5.60. The second-order valence-corrected chi connectivity index (χ2v) is 12.3. The van der Waals surface area contributed by atoms with Gasteiger partial charge in [0.2, 0.25) is 0 Å². The number of likely N-dealkylation sites (tertiary alicyclic amines) is 1. The Morgan fingerprint density at radius 2 is 2.07 bits per heavy atom. The monoisotopic (exact) mass is 635 g/mol. The van der Waals surface area contributed by atoms with Crippen molar-refractivity contribution in [3.63, 3.8) is 0 Å². The predicted molar refractivity (Wildman–Crippen MR) is 162 cm³/mol. The summed E-state index contributed by atoms with van der Waals surface area (Å²) in [5.74, 6) is -0.928. The van der Waals surface area contributed by atoms with E-state index in [2.05, 4.69) is 20.1 Å². The Kier molecular flexibility index (Phi) is 6.74. The topological polar surface area (TPSA) is 139 Å². The minimum absolute atomic E-state index is 0.0303. The van der Waals surface area contributed by atoms with Crippen molar-refractivity contribution in [1.29, 1.82) is 5.26 Å². The van der Waals surface area contributed by atoms with Gasteiger partial charge in [-0.2, -0.15) is 25.0 Å². The molecule has 0 aliphatic carbocycles. The molecule has 3 aromatic heterocycles. The molecule has 1 spiro atoms. The zero-order valence-electron chi connectivity index (χ0n) is 23.4. The van der Waals surface area contributed by atoms with Gasteiger partial charge < -0.3 is 20.3 Å². The summed E-state index contributed by atoms with van der Waals surface area (Å²) in [5, 5.41) is 14.5. The van der Waals surface area contributed by atoms with Crippen LogP contribution < -0.4 is 15.4 Å². The van der Waals surface area contributed by atoms with Crippen molar-refractivity contribution in [3.8, 4) is 23.2 Å². The van der Waals surface area contributed by atoms with E-state index >= 15 is 4.39 Å². The van der Waals surface area contributed by atoms with E-state index < -0.39 is 17.2 Å². The number of ether oxygens (including phenoxy) is 1. The van der Waals surface area contributed by atoms with Crippen LogP contribution in [0.3, 0.4) is 0 Å². The molecule has 1 atom stereocenters. The number of hydrogen-bond acceptors (Lipinski definition) is 10. The van der Waals surface area contributed by atoms with Crippen LogP contribution in [0.5, 0.6) is 6.01 Å². The lowest BCUT2D eigenvalue weighted by Gasteiger charge is -2.53. The second kappa shape index (κ2) is 10.5. The van der Waals surface area contributed by atoms with Gasteiger partial charge in [0.05, 0.1) is 27.9 Å². The maximum Gasteiger partial charge on any atom is 0.346 e. The van der Waals surface area contributed by atoms with Crippen LogP contribution >= 0.6 is 22.9 Å². The fraction of sp³-hybridized carbons (Fsp3) is 0.310. The normalized spacial score (nSPS) is 18.4. The van der Waals surface area contributed by atoms with E-state index in [1.54, 1.807) is 6.07 Å². The minimum Gasteiger partial charge on any atom is -0.467 e. The van der Waals surface area contributed by atoms with E-state index in [4.69, 9.17) is 22.1 Å². The SMILES string of the molecule is COc1nc(N2CCCCC3(CCN3C(=O)n3cncn3)C2)c2cc(Cl)c(-c3ccc(F)c4sc(N)c(C#N)c34)c(F)c2n1. The number of anilines is 2. The lowest BCUT2D eigenvalue weighted by molar-refractivity contribution is 0.0237. The number of aromatic nitrogens is 5. The number of halogens is 3. The molecule has 1 unspecified atom stereocenters. The van der Waals surface area contributed by atoms with Crippen LogP contribution in [0.2, 0.25) is 5.02 Å². The first-order valence-corrected chi connectivity index (χ1v) is 15.0. The molecule has 2 aromatic carbocycles. The summed E-state index contributed by atoms with van der Waals surface area (Å²) in [5.41, 5.74) is 5.73. The smallest absolute Gasteiger partial charge is 0.346 e. The van der Waals surface area contributed by atoms with Gasteiger partial charge in [0.15, 0.2) is 5.82 Å². The Hall–Kier alpha value is -4.61. The van der Waals surface area contributed by atoms with Gasteiger partial charge in [0.25, 0.3) is 0 Å². The summed E-state index contributed by atoms with van der Waals surface area (Å²) in [6.07, 6.45) is 5.97. The molecule has 44 heavy (non-hydrogen) atoms. The first-order chi connectivity index (χ1) is 21.3. The molecular formula is C29H24ClF2N9O2S. The number of benzene rings is 2. The number of fused-ring (bicyclic) bond motifs is 2. The number of nitrogens with zero attached hydrogens (tertiary/aromatic N) is 8. The third-order valence-electron chi connectivity index (χ3n) is 8.55. The van der Waals surface area contributed by atoms with Crippen LogP contribution in [-0.2, 0) is 0 Å². The number of nitrogens with two attached hydrogens (primary N) is 1. The number of amides is 1. The summed E-state index contributed by atoms with van der Waals surface area (Å²) >= 11 is 7.72. The molecule has 0 saturated carbocycles. The highest BCUT2D eigenvalue weighted by atomic mass is 35.5. The van der Waals surface area contributed by atoms with Gasteiger partial charge in [0, 0.05) is 36.0 Å². The van der Waals surface area contributed by atoms with E-state index in [9.17, 15) is 14.4 Å². The van der Waals surface area contributed by atoms with E-state index in [1.807, 2.05) is 15.9 Å². The van der Waals surface area contributed by atoms with Crippen molar-refractivity contribution >= 4 is 60.8 Å². The Morgan fingerprint density at radius 3 is 2.77 bits per heavy atom. The van der Waals surface area contributed by atoms with Gasteiger partial charge in [-0.05, 0) is 43.4 Å². The van der Waals surface area contributed by atoms with Crippen molar-refractivity contribution < 1.29 is 18.3 Å². The minimum atomic E-state index is -0.771. The Balaban J connectivity index is 1.37. The van der Waals surface area contributed by atoms with Crippen molar-refractivity contribution in [1.82, 2.24) is 29.6 Å². The molecule has 2 N–H and O–H groups in total. The molecule has 224 valence electrons. The fourth-order valence-electron chi connectivity index (χ4n) is 6.39. The van der Waals surface area contributed by atoms with Crippen LogP contribution in [0.25, 0.3) is 32.1 Å². The van der Waals surface area contributed by atoms with Crippen LogP contribution in [0.4, 0.5) is 24.4 Å².